The van der Waals surface area contributed by atoms with Crippen LogP contribution >= 0.6 is 0 Å². The van der Waals surface area contributed by atoms with Gasteiger partial charge < -0.3 is 4.90 Å². The van der Waals surface area contributed by atoms with Gasteiger partial charge in [0.15, 0.2) is 0 Å². The fraction of sp³-hybridized carbons (Fsp3) is 0.600. The fourth-order valence-corrected chi connectivity index (χ4v) is 0.770. The summed E-state index contributed by atoms with van der Waals surface area (Å²) in [5, 5.41) is 7.18. The molecule has 4 nitrogen and oxygen atoms in total. The van der Waals surface area contributed by atoms with Crippen molar-refractivity contribution in [2.45, 2.75) is 0 Å². The summed E-state index contributed by atoms with van der Waals surface area (Å²) in [7, 11) is 3.29. The van der Waals surface area contributed by atoms with E-state index >= 15 is 0 Å². The van der Waals surface area contributed by atoms with Crippen molar-refractivity contribution < 1.29 is 4.79 Å². The largest absolute Gasteiger partial charge is 0.325 e. The predicted octanol–water partition coefficient (Wildman–Crippen LogP) is -0.0391. The summed E-state index contributed by atoms with van der Waals surface area (Å²) >= 11 is 0. The highest BCUT2D eigenvalue weighted by Crippen LogP contribution is 2.03. The molecular weight excluding hydrogens is 118 g/mol. The van der Waals surface area contributed by atoms with Gasteiger partial charge >= 0.3 is 6.03 Å². The second-order valence-corrected chi connectivity index (χ2v) is 2.14. The molecule has 0 aromatic heterocycles. The zero-order valence-electron chi connectivity index (χ0n) is 5.51. The highest BCUT2D eigenvalue weighted by atomic mass is 16.2. The minimum absolute atomic E-state index is 0.0972. The standard InChI is InChI=1S/C5H9N3O/c1-7-3-4(6)8(2)5(7)9/h6H,3H2,1-2H3. The number of urea groups is 1. The number of hydrogen-bond donors (Lipinski definition) is 1. The minimum atomic E-state index is -0.0972. The third-order valence-electron chi connectivity index (χ3n) is 1.41. The molecule has 0 unspecified atom stereocenters. The zero-order valence-corrected chi connectivity index (χ0v) is 5.51. The van der Waals surface area contributed by atoms with Gasteiger partial charge in [0.25, 0.3) is 0 Å². The quantitative estimate of drug-likeness (QED) is 0.487. The molecule has 0 bridgehead atoms. The van der Waals surface area contributed by atoms with Crippen LogP contribution in [0.1, 0.15) is 0 Å². The molecule has 9 heavy (non-hydrogen) atoms. The van der Waals surface area contributed by atoms with Gasteiger partial charge in [-0.15, -0.1) is 0 Å². The summed E-state index contributed by atoms with van der Waals surface area (Å²) in [6.07, 6.45) is 0. The Balaban J connectivity index is 2.77. The van der Waals surface area contributed by atoms with Crippen LogP contribution in [0.2, 0.25) is 0 Å². The molecule has 1 aliphatic heterocycles. The van der Waals surface area contributed by atoms with Crippen LogP contribution in [0.4, 0.5) is 4.79 Å². The Bertz CT molecular complexity index is 166. The van der Waals surface area contributed by atoms with Crippen molar-refractivity contribution in [2.24, 2.45) is 0 Å². The van der Waals surface area contributed by atoms with E-state index in [1.807, 2.05) is 0 Å². The first kappa shape index (κ1) is 6.07. The van der Waals surface area contributed by atoms with Crippen molar-refractivity contribution in [1.82, 2.24) is 9.80 Å². The molecule has 0 spiro atoms. The molecule has 0 saturated carbocycles. The van der Waals surface area contributed by atoms with Crippen LogP contribution in [0.5, 0.6) is 0 Å². The van der Waals surface area contributed by atoms with Crippen LogP contribution in [0.25, 0.3) is 0 Å². The number of nitrogens with one attached hydrogen (secondary N) is 1. The molecule has 0 aromatic rings. The molecule has 4 heteroatoms. The highest BCUT2D eigenvalue weighted by molar-refractivity contribution is 6.02. The summed E-state index contributed by atoms with van der Waals surface area (Å²) < 4.78 is 0. The molecule has 1 fully saturated rings. The topological polar surface area (TPSA) is 47.4 Å². The predicted molar refractivity (Wildman–Crippen MR) is 33.5 cm³/mol. The fourth-order valence-electron chi connectivity index (χ4n) is 0.770. The first-order valence-electron chi connectivity index (χ1n) is 2.69. The molecule has 1 N–H and O–H groups in total. The van der Waals surface area contributed by atoms with Gasteiger partial charge in [0.2, 0.25) is 0 Å². The van der Waals surface area contributed by atoms with Gasteiger partial charge in [0.05, 0.1) is 6.54 Å². The Morgan fingerprint density at radius 1 is 1.56 bits per heavy atom. The normalized spacial score (nSPS) is 19.8. The average molecular weight is 127 g/mol. The van der Waals surface area contributed by atoms with Crippen molar-refractivity contribution in [3.05, 3.63) is 0 Å². The lowest BCUT2D eigenvalue weighted by Gasteiger charge is -2.06. The molecule has 0 atom stereocenters. The van der Waals surface area contributed by atoms with E-state index in [4.69, 9.17) is 5.41 Å². The van der Waals surface area contributed by atoms with Crippen LogP contribution in [-0.4, -0.2) is 42.3 Å². The third kappa shape index (κ3) is 0.759. The van der Waals surface area contributed by atoms with Crippen LogP contribution in [0, 0.1) is 5.41 Å². The van der Waals surface area contributed by atoms with E-state index in [0.717, 1.165) is 0 Å². The smallest absolute Gasteiger partial charge is 0.320 e. The Morgan fingerprint density at radius 3 is 2.22 bits per heavy atom. The van der Waals surface area contributed by atoms with Gasteiger partial charge in [-0.05, 0) is 0 Å². The van der Waals surface area contributed by atoms with Crippen molar-refractivity contribution in [1.29, 1.82) is 5.41 Å². The second kappa shape index (κ2) is 1.72. The molecule has 0 radical (unpaired) electrons. The number of carbonyl (C=O) groups excluding carboxylic acids is 1. The van der Waals surface area contributed by atoms with Crippen molar-refractivity contribution in [2.75, 3.05) is 20.6 Å². The van der Waals surface area contributed by atoms with E-state index in [0.29, 0.717) is 12.4 Å². The lowest BCUT2D eigenvalue weighted by Crippen LogP contribution is -2.26. The molecule has 0 aromatic carbocycles. The van der Waals surface area contributed by atoms with E-state index in [-0.39, 0.29) is 6.03 Å². The first-order chi connectivity index (χ1) is 4.13. The van der Waals surface area contributed by atoms with Crippen LogP contribution in [0.3, 0.4) is 0 Å². The number of likely N-dealkylation sites (N-methyl/N-ethyl adjacent to an activating group) is 2. The van der Waals surface area contributed by atoms with Gasteiger partial charge in [-0.3, -0.25) is 10.3 Å². The van der Waals surface area contributed by atoms with Gasteiger partial charge in [0, 0.05) is 14.1 Å². The number of hydrogen-bond acceptors (Lipinski definition) is 2. The monoisotopic (exact) mass is 127 g/mol. The van der Waals surface area contributed by atoms with Crippen molar-refractivity contribution in [3.8, 4) is 0 Å². The van der Waals surface area contributed by atoms with Gasteiger partial charge in [-0.1, -0.05) is 0 Å². The zero-order chi connectivity index (χ0) is 7.02. The maximum absolute atomic E-state index is 10.8. The molecule has 1 aliphatic rings. The molecule has 2 amide bonds. The van der Waals surface area contributed by atoms with E-state index in [1.54, 1.807) is 14.1 Å². The molecule has 1 saturated heterocycles. The third-order valence-corrected chi connectivity index (χ3v) is 1.41. The summed E-state index contributed by atoms with van der Waals surface area (Å²) in [5.74, 6) is 0.363. The summed E-state index contributed by atoms with van der Waals surface area (Å²) in [6.45, 7) is 0.440. The maximum atomic E-state index is 10.8. The number of amides is 2. The summed E-state index contributed by atoms with van der Waals surface area (Å²) in [5.41, 5.74) is 0. The van der Waals surface area contributed by atoms with Gasteiger partial charge in [-0.25, -0.2) is 4.79 Å². The SMILES string of the molecule is CN1CC(=N)N(C)C1=O. The number of amidine groups is 1. The van der Waals surface area contributed by atoms with E-state index in [1.165, 1.54) is 9.80 Å². The Kier molecular flexibility index (Phi) is 1.16. The van der Waals surface area contributed by atoms with Gasteiger partial charge in [0.1, 0.15) is 5.84 Å². The van der Waals surface area contributed by atoms with E-state index in [2.05, 4.69) is 0 Å². The summed E-state index contributed by atoms with van der Waals surface area (Å²) in [6, 6.07) is -0.0972. The molecule has 0 aliphatic carbocycles. The first-order valence-corrected chi connectivity index (χ1v) is 2.69. The number of nitrogens with zero attached hydrogens (tertiary/aromatic N) is 2. The number of carbonyl (C=O) groups is 1. The molecule has 50 valence electrons. The Hall–Kier alpha value is -1.06. The van der Waals surface area contributed by atoms with E-state index in [9.17, 15) is 4.79 Å². The lowest BCUT2D eigenvalue weighted by atomic mass is 10.6. The summed E-state index contributed by atoms with van der Waals surface area (Å²) in [4.78, 5) is 13.7. The van der Waals surface area contributed by atoms with Crippen LogP contribution < -0.4 is 0 Å². The van der Waals surface area contributed by atoms with Crippen LogP contribution in [0.15, 0.2) is 0 Å². The van der Waals surface area contributed by atoms with Crippen molar-refractivity contribution >= 4 is 11.9 Å². The van der Waals surface area contributed by atoms with E-state index < -0.39 is 0 Å². The lowest BCUT2D eigenvalue weighted by molar-refractivity contribution is 0.209. The molecule has 1 rings (SSSR count). The van der Waals surface area contributed by atoms with Gasteiger partial charge in [-0.2, -0.15) is 0 Å². The Morgan fingerprint density at radius 2 is 2.11 bits per heavy atom. The molecular formula is C5H9N3O. The van der Waals surface area contributed by atoms with Crippen LogP contribution in [-0.2, 0) is 0 Å². The Labute approximate surface area is 53.6 Å². The van der Waals surface area contributed by atoms with Crippen molar-refractivity contribution in [3.63, 3.8) is 0 Å². The second-order valence-electron chi connectivity index (χ2n) is 2.14. The maximum Gasteiger partial charge on any atom is 0.325 e. The average Bonchev–Trinajstić information content (AvgIpc) is 1.98. The highest BCUT2D eigenvalue weighted by Gasteiger charge is 2.26. The molecule has 1 heterocycles. The number of rotatable bonds is 0. The minimum Gasteiger partial charge on any atom is -0.320 e.